The van der Waals surface area contributed by atoms with Crippen LogP contribution in [0.3, 0.4) is 0 Å². The molecule has 0 radical (unpaired) electrons. The van der Waals surface area contributed by atoms with Crippen LogP contribution in [0.4, 0.5) is 24.8 Å². The van der Waals surface area contributed by atoms with Crippen LogP contribution < -0.4 is 10.6 Å². The van der Waals surface area contributed by atoms with E-state index < -0.39 is 27.6 Å². The topological polar surface area (TPSA) is 71.1 Å². The molecule has 0 aromatic carbocycles. The van der Waals surface area contributed by atoms with E-state index in [9.17, 15) is 21.6 Å². The fraction of sp³-hybridized carbons (Fsp3) is 0.583. The minimum Gasteiger partial charge on any atom is -0.373 e. The average Bonchev–Trinajstić information content (AvgIpc) is 2.36. The Bertz CT molecular complexity index is 617. The van der Waals surface area contributed by atoms with E-state index in [0.29, 0.717) is 12.8 Å². The number of hydrogen-bond donors (Lipinski definition) is 2. The molecule has 0 aliphatic carbocycles. The first kappa shape index (κ1) is 15.9. The number of aromatic nitrogens is 1. The molecular formula is C12H16F3N3O2S. The van der Waals surface area contributed by atoms with Crippen LogP contribution in [0.2, 0.25) is 0 Å². The predicted octanol–water partition coefficient (Wildman–Crippen LogP) is 2.13. The zero-order valence-corrected chi connectivity index (χ0v) is 12.2. The largest absolute Gasteiger partial charge is 0.416 e. The van der Waals surface area contributed by atoms with Crippen LogP contribution in [0.1, 0.15) is 18.4 Å². The molecule has 1 atom stereocenters. The number of nitrogens with zero attached hydrogens (tertiary/aromatic N) is 1. The van der Waals surface area contributed by atoms with Gasteiger partial charge in [-0.25, -0.2) is 13.4 Å². The van der Waals surface area contributed by atoms with E-state index in [2.05, 4.69) is 15.6 Å². The highest BCUT2D eigenvalue weighted by molar-refractivity contribution is 7.91. The number of alkyl halides is 3. The SMILES string of the molecule is CNc1cc(C(F)(F)F)cc(NC2CCCS(=O)(=O)C2)n1. The molecule has 0 amide bonds. The van der Waals surface area contributed by atoms with Gasteiger partial charge in [0.2, 0.25) is 0 Å². The summed E-state index contributed by atoms with van der Waals surface area (Å²) in [6.45, 7) is 0. The summed E-state index contributed by atoms with van der Waals surface area (Å²) in [5.74, 6) is 0.144. The van der Waals surface area contributed by atoms with Crippen LogP contribution >= 0.6 is 0 Å². The van der Waals surface area contributed by atoms with Crippen molar-refractivity contribution in [2.75, 3.05) is 29.2 Å². The summed E-state index contributed by atoms with van der Waals surface area (Å²) in [6, 6.07) is 1.38. The van der Waals surface area contributed by atoms with Gasteiger partial charge in [0.05, 0.1) is 17.1 Å². The molecule has 1 aliphatic rings. The van der Waals surface area contributed by atoms with Crippen LogP contribution in [0, 0.1) is 0 Å². The van der Waals surface area contributed by atoms with E-state index >= 15 is 0 Å². The monoisotopic (exact) mass is 323 g/mol. The van der Waals surface area contributed by atoms with Gasteiger partial charge in [-0.15, -0.1) is 0 Å². The molecule has 2 heterocycles. The van der Waals surface area contributed by atoms with Crippen molar-refractivity contribution in [1.29, 1.82) is 0 Å². The summed E-state index contributed by atoms with van der Waals surface area (Å²) >= 11 is 0. The van der Waals surface area contributed by atoms with Crippen molar-refractivity contribution in [3.05, 3.63) is 17.7 Å². The van der Waals surface area contributed by atoms with Crippen LogP contribution in [-0.2, 0) is 16.0 Å². The fourth-order valence-corrected chi connectivity index (χ4v) is 3.88. The number of halogens is 3. The van der Waals surface area contributed by atoms with E-state index in [1.165, 1.54) is 7.05 Å². The lowest BCUT2D eigenvalue weighted by molar-refractivity contribution is -0.137. The predicted molar refractivity (Wildman–Crippen MR) is 74.1 cm³/mol. The Morgan fingerprint density at radius 3 is 2.52 bits per heavy atom. The lowest BCUT2D eigenvalue weighted by atomic mass is 10.2. The Balaban J connectivity index is 2.23. The molecule has 5 nitrogen and oxygen atoms in total. The van der Waals surface area contributed by atoms with Crippen molar-refractivity contribution < 1.29 is 21.6 Å². The fourth-order valence-electron chi connectivity index (χ4n) is 2.24. The second-order valence-corrected chi connectivity index (χ2v) is 7.20. The third kappa shape index (κ3) is 4.23. The summed E-state index contributed by atoms with van der Waals surface area (Å²) in [5.41, 5.74) is -0.831. The third-order valence-corrected chi connectivity index (χ3v) is 5.04. The van der Waals surface area contributed by atoms with Gasteiger partial charge in [-0.2, -0.15) is 13.2 Å². The number of anilines is 2. The van der Waals surface area contributed by atoms with Gasteiger partial charge < -0.3 is 10.6 Å². The number of nitrogens with one attached hydrogen (secondary N) is 2. The summed E-state index contributed by atoms with van der Waals surface area (Å²) < 4.78 is 61.5. The molecule has 118 valence electrons. The molecule has 21 heavy (non-hydrogen) atoms. The zero-order valence-electron chi connectivity index (χ0n) is 11.4. The molecule has 1 aromatic heterocycles. The number of rotatable bonds is 3. The highest BCUT2D eigenvalue weighted by atomic mass is 32.2. The lowest BCUT2D eigenvalue weighted by Crippen LogP contribution is -2.35. The highest BCUT2D eigenvalue weighted by Crippen LogP contribution is 2.32. The van der Waals surface area contributed by atoms with Gasteiger partial charge in [0, 0.05) is 13.1 Å². The van der Waals surface area contributed by atoms with Crippen molar-refractivity contribution in [2.24, 2.45) is 0 Å². The zero-order chi connectivity index (χ0) is 15.7. The van der Waals surface area contributed by atoms with Crippen molar-refractivity contribution in [2.45, 2.75) is 25.1 Å². The normalized spacial score (nSPS) is 21.8. The number of hydrogen-bond acceptors (Lipinski definition) is 5. The maximum absolute atomic E-state index is 12.8. The van der Waals surface area contributed by atoms with Gasteiger partial charge in [0.25, 0.3) is 0 Å². The molecule has 1 unspecified atom stereocenters. The standard InChI is InChI=1S/C12H16F3N3O2S/c1-16-10-5-8(12(13,14)15)6-11(18-10)17-9-3-2-4-21(19,20)7-9/h5-6,9H,2-4,7H2,1H3,(H2,16,17,18). The summed E-state index contributed by atoms with van der Waals surface area (Å²) in [5, 5.41) is 5.36. The molecule has 0 bridgehead atoms. The number of sulfone groups is 1. The van der Waals surface area contributed by atoms with Crippen LogP contribution in [0.15, 0.2) is 12.1 Å². The molecule has 2 rings (SSSR count). The van der Waals surface area contributed by atoms with Crippen molar-refractivity contribution >= 4 is 21.5 Å². The van der Waals surface area contributed by atoms with E-state index in [1.807, 2.05) is 0 Å². The average molecular weight is 323 g/mol. The molecule has 0 saturated carbocycles. The first-order valence-electron chi connectivity index (χ1n) is 6.43. The van der Waals surface area contributed by atoms with Crippen molar-refractivity contribution in [3.63, 3.8) is 0 Å². The lowest BCUT2D eigenvalue weighted by Gasteiger charge is -2.24. The second kappa shape index (κ2) is 5.70. The molecule has 1 aliphatic heterocycles. The van der Waals surface area contributed by atoms with Crippen molar-refractivity contribution in [3.8, 4) is 0 Å². The summed E-state index contributed by atoms with van der Waals surface area (Å²) in [6.07, 6.45) is -3.40. The smallest absolute Gasteiger partial charge is 0.373 e. The van der Waals surface area contributed by atoms with Gasteiger partial charge in [-0.3, -0.25) is 0 Å². The summed E-state index contributed by atoms with van der Waals surface area (Å²) in [4.78, 5) is 3.99. The van der Waals surface area contributed by atoms with Gasteiger partial charge in [-0.1, -0.05) is 0 Å². The van der Waals surface area contributed by atoms with Crippen LogP contribution in [0.25, 0.3) is 0 Å². The Morgan fingerprint density at radius 1 is 1.29 bits per heavy atom. The first-order valence-corrected chi connectivity index (χ1v) is 8.26. The molecule has 0 spiro atoms. The summed E-state index contributed by atoms with van der Waals surface area (Å²) in [7, 11) is -1.66. The minimum atomic E-state index is -4.48. The quantitative estimate of drug-likeness (QED) is 0.892. The van der Waals surface area contributed by atoms with Gasteiger partial charge in [0.1, 0.15) is 11.6 Å². The van der Waals surface area contributed by atoms with Crippen LogP contribution in [0.5, 0.6) is 0 Å². The minimum absolute atomic E-state index is 0.0243. The molecule has 9 heteroatoms. The van der Waals surface area contributed by atoms with Crippen LogP contribution in [-0.4, -0.2) is 38.0 Å². The van der Waals surface area contributed by atoms with E-state index in [1.54, 1.807) is 0 Å². The third-order valence-electron chi connectivity index (χ3n) is 3.22. The molecule has 1 saturated heterocycles. The maximum atomic E-state index is 12.8. The molecule has 2 N–H and O–H groups in total. The van der Waals surface area contributed by atoms with Gasteiger partial charge in [0.15, 0.2) is 9.84 Å². The molecule has 1 aromatic rings. The van der Waals surface area contributed by atoms with E-state index in [-0.39, 0.29) is 23.1 Å². The Hall–Kier alpha value is -1.51. The Morgan fingerprint density at radius 2 is 1.95 bits per heavy atom. The highest BCUT2D eigenvalue weighted by Gasteiger charge is 2.32. The van der Waals surface area contributed by atoms with E-state index in [4.69, 9.17) is 0 Å². The second-order valence-electron chi connectivity index (χ2n) is 4.97. The van der Waals surface area contributed by atoms with E-state index in [0.717, 1.165) is 12.1 Å². The van der Waals surface area contributed by atoms with Crippen molar-refractivity contribution in [1.82, 2.24) is 4.98 Å². The molecular weight excluding hydrogens is 307 g/mol. The number of pyridine rings is 1. The van der Waals surface area contributed by atoms with Gasteiger partial charge >= 0.3 is 6.18 Å². The first-order chi connectivity index (χ1) is 9.69. The van der Waals surface area contributed by atoms with Gasteiger partial charge in [-0.05, 0) is 25.0 Å². The molecule has 1 fully saturated rings. The Kier molecular flexibility index (Phi) is 4.31. The Labute approximate surface area is 120 Å². The maximum Gasteiger partial charge on any atom is 0.416 e.